The van der Waals surface area contributed by atoms with Crippen LogP contribution in [0.2, 0.25) is 0 Å². The third kappa shape index (κ3) is 7.22. The van der Waals surface area contributed by atoms with Crippen molar-refractivity contribution in [3.05, 3.63) is 41.5 Å². The molecule has 4 heteroatoms. The minimum Gasteiger partial charge on any atom is -0.478 e. The molecule has 0 atom stereocenters. The molecule has 4 nitrogen and oxygen atoms in total. The maximum Gasteiger partial charge on any atom is 0.336 e. The molecule has 1 rings (SSSR count). The Kier molecular flexibility index (Phi) is 11.6. The largest absolute Gasteiger partial charge is 0.478 e. The van der Waals surface area contributed by atoms with E-state index in [-0.39, 0.29) is 5.56 Å². The van der Waals surface area contributed by atoms with Crippen LogP contribution in [-0.2, 0) is 4.79 Å². The van der Waals surface area contributed by atoms with Gasteiger partial charge in [0.1, 0.15) is 0 Å². The van der Waals surface area contributed by atoms with Crippen molar-refractivity contribution < 1.29 is 19.8 Å². The van der Waals surface area contributed by atoms with E-state index in [1.165, 1.54) is 12.1 Å². The lowest BCUT2D eigenvalue weighted by molar-refractivity contribution is -0.131. The molecule has 0 radical (unpaired) electrons. The van der Waals surface area contributed by atoms with E-state index in [0.717, 1.165) is 6.08 Å². The second-order valence-corrected chi connectivity index (χ2v) is 2.56. The molecule has 0 aliphatic rings. The summed E-state index contributed by atoms with van der Waals surface area (Å²) in [4.78, 5) is 20.9. The van der Waals surface area contributed by atoms with Crippen LogP contribution in [0.1, 0.15) is 43.6 Å². The van der Waals surface area contributed by atoms with Gasteiger partial charge in [-0.25, -0.2) is 9.59 Å². The topological polar surface area (TPSA) is 74.6 Å². The average Bonchev–Trinajstić information content (AvgIpc) is 2.41. The van der Waals surface area contributed by atoms with Gasteiger partial charge in [0.2, 0.25) is 0 Å². The first-order valence-electron chi connectivity index (χ1n) is 5.84. The molecule has 0 saturated carbocycles. The van der Waals surface area contributed by atoms with Crippen LogP contribution in [0.15, 0.2) is 30.3 Å². The average molecular weight is 252 g/mol. The molecule has 18 heavy (non-hydrogen) atoms. The molecule has 0 amide bonds. The molecule has 0 fully saturated rings. The summed E-state index contributed by atoms with van der Waals surface area (Å²) in [5.74, 6) is -2.18. The van der Waals surface area contributed by atoms with E-state index < -0.39 is 11.9 Å². The van der Waals surface area contributed by atoms with Crippen molar-refractivity contribution in [3.63, 3.8) is 0 Å². The van der Waals surface area contributed by atoms with Crippen LogP contribution in [0.5, 0.6) is 0 Å². The zero-order valence-electron chi connectivity index (χ0n) is 11.2. The third-order valence-corrected chi connectivity index (χ3v) is 1.60. The second kappa shape index (κ2) is 11.4. The lowest BCUT2D eigenvalue weighted by Crippen LogP contribution is -1.99. The highest BCUT2D eigenvalue weighted by Gasteiger charge is 2.05. The number of rotatable bonds is 3. The van der Waals surface area contributed by atoms with E-state index in [9.17, 15) is 9.59 Å². The molecule has 0 aromatic heterocycles. The fourth-order valence-electron chi connectivity index (χ4n) is 0.998. The highest BCUT2D eigenvalue weighted by Crippen LogP contribution is 2.10. The number of aliphatic carboxylic acids is 1. The normalized spacial score (nSPS) is 8.67. The molecule has 0 unspecified atom stereocenters. The maximum atomic E-state index is 10.7. The van der Waals surface area contributed by atoms with Crippen molar-refractivity contribution in [2.75, 3.05) is 0 Å². The zero-order chi connectivity index (χ0) is 14.6. The van der Waals surface area contributed by atoms with E-state index in [1.54, 1.807) is 18.2 Å². The number of carboxylic acid groups (broad SMARTS) is 2. The van der Waals surface area contributed by atoms with Gasteiger partial charge in [-0.1, -0.05) is 45.9 Å². The molecule has 1 aromatic rings. The molecular formula is C14H20O4. The first-order chi connectivity index (χ1) is 8.61. The van der Waals surface area contributed by atoms with Crippen molar-refractivity contribution in [1.29, 1.82) is 0 Å². The highest BCUT2D eigenvalue weighted by atomic mass is 16.4. The van der Waals surface area contributed by atoms with Crippen LogP contribution in [-0.4, -0.2) is 22.2 Å². The van der Waals surface area contributed by atoms with Gasteiger partial charge in [0.15, 0.2) is 0 Å². The molecule has 0 aliphatic heterocycles. The zero-order valence-corrected chi connectivity index (χ0v) is 11.2. The van der Waals surface area contributed by atoms with E-state index >= 15 is 0 Å². The highest BCUT2D eigenvalue weighted by molar-refractivity contribution is 5.94. The van der Waals surface area contributed by atoms with E-state index in [1.807, 2.05) is 27.7 Å². The molecule has 0 aliphatic carbocycles. The van der Waals surface area contributed by atoms with Crippen molar-refractivity contribution in [3.8, 4) is 0 Å². The van der Waals surface area contributed by atoms with Crippen LogP contribution in [0, 0.1) is 0 Å². The number of benzene rings is 1. The summed E-state index contributed by atoms with van der Waals surface area (Å²) in [7, 11) is 0. The summed E-state index contributed by atoms with van der Waals surface area (Å²) in [5, 5.41) is 17.1. The smallest absolute Gasteiger partial charge is 0.336 e. The Balaban J connectivity index is 0. The molecule has 2 N–H and O–H groups in total. The first-order valence-corrected chi connectivity index (χ1v) is 5.84. The van der Waals surface area contributed by atoms with Gasteiger partial charge in [-0.3, -0.25) is 0 Å². The van der Waals surface area contributed by atoms with Gasteiger partial charge >= 0.3 is 11.9 Å². The quantitative estimate of drug-likeness (QED) is 0.807. The standard InChI is InChI=1S/C10H8O4.2C2H6/c11-9(12)6-5-7-3-1-2-4-8(7)10(13)14;2*1-2/h1-6H,(H,11,12)(H,13,14);2*1-2H3/b6-5+;;. The van der Waals surface area contributed by atoms with Gasteiger partial charge in [0.25, 0.3) is 0 Å². The lowest BCUT2D eigenvalue weighted by atomic mass is 10.1. The minimum absolute atomic E-state index is 0.0880. The predicted octanol–water partition coefficient (Wildman–Crippen LogP) is 3.54. The van der Waals surface area contributed by atoms with Gasteiger partial charge in [-0.2, -0.15) is 0 Å². The van der Waals surface area contributed by atoms with Gasteiger partial charge in [-0.15, -0.1) is 0 Å². The Morgan fingerprint density at radius 1 is 1.00 bits per heavy atom. The monoisotopic (exact) mass is 252 g/mol. The summed E-state index contributed by atoms with van der Waals surface area (Å²) in [6, 6.07) is 6.20. The van der Waals surface area contributed by atoms with Gasteiger partial charge in [0, 0.05) is 6.08 Å². The van der Waals surface area contributed by atoms with Gasteiger partial charge < -0.3 is 10.2 Å². The second-order valence-electron chi connectivity index (χ2n) is 2.56. The van der Waals surface area contributed by atoms with E-state index in [0.29, 0.717) is 5.56 Å². The Morgan fingerprint density at radius 3 is 1.94 bits per heavy atom. The van der Waals surface area contributed by atoms with Crippen LogP contribution in [0.4, 0.5) is 0 Å². The predicted molar refractivity (Wildman–Crippen MR) is 72.8 cm³/mol. The summed E-state index contributed by atoms with van der Waals surface area (Å²) < 4.78 is 0. The van der Waals surface area contributed by atoms with E-state index in [4.69, 9.17) is 10.2 Å². The van der Waals surface area contributed by atoms with Gasteiger partial charge in [-0.05, 0) is 17.7 Å². The van der Waals surface area contributed by atoms with Crippen molar-refractivity contribution in [1.82, 2.24) is 0 Å². The Labute approximate surface area is 108 Å². The van der Waals surface area contributed by atoms with Crippen LogP contribution >= 0.6 is 0 Å². The van der Waals surface area contributed by atoms with Crippen molar-refractivity contribution in [2.45, 2.75) is 27.7 Å². The summed E-state index contributed by atoms with van der Waals surface area (Å²) in [6.07, 6.45) is 2.16. The van der Waals surface area contributed by atoms with Crippen molar-refractivity contribution >= 4 is 18.0 Å². The number of carboxylic acids is 2. The van der Waals surface area contributed by atoms with Crippen LogP contribution in [0.25, 0.3) is 6.08 Å². The summed E-state index contributed by atoms with van der Waals surface area (Å²) in [6.45, 7) is 8.00. The van der Waals surface area contributed by atoms with Crippen LogP contribution in [0.3, 0.4) is 0 Å². The van der Waals surface area contributed by atoms with Gasteiger partial charge in [0.05, 0.1) is 5.56 Å². The number of hydrogen-bond donors (Lipinski definition) is 2. The fourth-order valence-corrected chi connectivity index (χ4v) is 0.998. The molecular weight excluding hydrogens is 232 g/mol. The Morgan fingerprint density at radius 2 is 1.50 bits per heavy atom. The maximum absolute atomic E-state index is 10.7. The SMILES string of the molecule is CC.CC.O=C(O)/C=C/c1ccccc1C(=O)O. The lowest BCUT2D eigenvalue weighted by Gasteiger charge is -1.98. The summed E-state index contributed by atoms with van der Waals surface area (Å²) in [5.41, 5.74) is 0.465. The molecule has 1 aromatic carbocycles. The third-order valence-electron chi connectivity index (χ3n) is 1.60. The number of hydrogen-bond acceptors (Lipinski definition) is 2. The molecule has 0 spiro atoms. The number of aromatic carboxylic acids is 1. The molecule has 0 heterocycles. The summed E-state index contributed by atoms with van der Waals surface area (Å²) >= 11 is 0. The minimum atomic E-state index is -1.11. The Hall–Kier alpha value is -2.10. The first kappa shape index (κ1) is 18.3. The molecule has 0 saturated heterocycles. The number of carbonyl (C=O) groups is 2. The van der Waals surface area contributed by atoms with E-state index in [2.05, 4.69) is 0 Å². The van der Waals surface area contributed by atoms with Crippen LogP contribution < -0.4 is 0 Å². The Bertz CT molecular complexity index is 395. The molecule has 100 valence electrons. The molecule has 0 bridgehead atoms. The van der Waals surface area contributed by atoms with Crippen molar-refractivity contribution in [2.24, 2.45) is 0 Å². The fraction of sp³-hybridized carbons (Fsp3) is 0.286.